The maximum atomic E-state index is 13.4. The Morgan fingerprint density at radius 3 is 2.12 bits per heavy atom. The van der Waals surface area contributed by atoms with Crippen molar-refractivity contribution in [2.75, 3.05) is 6.54 Å². The summed E-state index contributed by atoms with van der Waals surface area (Å²) in [5.74, 6) is -5.84. The number of epoxide rings is 1. The molecule has 2 N–H and O–H groups in total. The minimum absolute atomic E-state index is 0.189. The van der Waals surface area contributed by atoms with Gasteiger partial charge >= 0.3 is 12.4 Å². The Balaban J connectivity index is 1.77. The molecular formula is C22H33ClF6N2O2. The number of carbonyl (C=O) groups excluding carboxylic acids is 1. The Morgan fingerprint density at radius 2 is 1.61 bits per heavy atom. The highest BCUT2D eigenvalue weighted by Crippen LogP contribution is 2.52. The standard InChI is InChI=1S/C22H33ClF6N2O2/c1-2-3-4-7-31(17-6-5-15(23)11-16(17)19(30)32)20-18(33-20)12-8-13(21(24,25)26)10-14(9-12)22(27,28)29/h12-18,20H,2-11H2,1H3,(H2,30,32). The number of rotatable bonds is 8. The summed E-state index contributed by atoms with van der Waals surface area (Å²) in [7, 11) is 0. The van der Waals surface area contributed by atoms with Crippen molar-refractivity contribution in [3.8, 4) is 0 Å². The maximum absolute atomic E-state index is 13.4. The summed E-state index contributed by atoms with van der Waals surface area (Å²) in [6.07, 6.45) is -8.02. The molecule has 192 valence electrons. The molecule has 7 atom stereocenters. The monoisotopic (exact) mass is 506 g/mol. The van der Waals surface area contributed by atoms with Crippen LogP contribution in [0.25, 0.3) is 0 Å². The van der Waals surface area contributed by atoms with Gasteiger partial charge in [-0.2, -0.15) is 26.3 Å². The van der Waals surface area contributed by atoms with E-state index in [9.17, 15) is 31.1 Å². The van der Waals surface area contributed by atoms with E-state index in [4.69, 9.17) is 22.1 Å². The van der Waals surface area contributed by atoms with Crippen molar-refractivity contribution in [3.05, 3.63) is 0 Å². The van der Waals surface area contributed by atoms with Gasteiger partial charge < -0.3 is 10.5 Å². The fourth-order valence-corrected chi connectivity index (χ4v) is 6.04. The van der Waals surface area contributed by atoms with E-state index in [0.717, 1.165) is 19.3 Å². The first-order chi connectivity index (χ1) is 15.3. The number of nitrogens with two attached hydrogens (primary N) is 1. The smallest absolute Gasteiger partial charge is 0.369 e. The second kappa shape index (κ2) is 10.5. The van der Waals surface area contributed by atoms with Crippen molar-refractivity contribution >= 4 is 17.5 Å². The first-order valence-corrected chi connectivity index (χ1v) is 12.2. The summed E-state index contributed by atoms with van der Waals surface area (Å²) >= 11 is 6.24. The normalized spacial score (nSPS) is 37.8. The molecule has 3 fully saturated rings. The lowest BCUT2D eigenvalue weighted by atomic mass is 9.73. The molecule has 33 heavy (non-hydrogen) atoms. The Hall–Kier alpha value is -0.740. The van der Waals surface area contributed by atoms with Gasteiger partial charge in [-0.25, -0.2) is 0 Å². The largest absolute Gasteiger partial charge is 0.391 e. The molecule has 0 radical (unpaired) electrons. The Bertz CT molecular complexity index is 654. The Kier molecular flexibility index (Phi) is 8.53. The quantitative estimate of drug-likeness (QED) is 0.201. The van der Waals surface area contributed by atoms with Crippen LogP contribution >= 0.6 is 11.6 Å². The Morgan fingerprint density at radius 1 is 1.00 bits per heavy atom. The van der Waals surface area contributed by atoms with Crippen molar-refractivity contribution < 1.29 is 35.9 Å². The van der Waals surface area contributed by atoms with Crippen molar-refractivity contribution in [1.29, 1.82) is 0 Å². The predicted molar refractivity (Wildman–Crippen MR) is 111 cm³/mol. The number of alkyl halides is 7. The summed E-state index contributed by atoms with van der Waals surface area (Å²) in [5, 5.41) is -0.189. The molecule has 1 aliphatic heterocycles. The minimum Gasteiger partial charge on any atom is -0.369 e. The number of hydrogen-bond donors (Lipinski definition) is 1. The van der Waals surface area contributed by atoms with Crippen LogP contribution in [0.15, 0.2) is 0 Å². The van der Waals surface area contributed by atoms with Gasteiger partial charge in [0.15, 0.2) is 0 Å². The molecular weight excluding hydrogens is 474 g/mol. The average Bonchev–Trinajstić information content (AvgIpc) is 3.50. The van der Waals surface area contributed by atoms with E-state index in [0.29, 0.717) is 25.8 Å². The van der Waals surface area contributed by atoms with Gasteiger partial charge in [-0.05, 0) is 50.9 Å². The van der Waals surface area contributed by atoms with Crippen LogP contribution in [0.3, 0.4) is 0 Å². The number of carbonyl (C=O) groups is 1. The summed E-state index contributed by atoms with van der Waals surface area (Å²) in [6, 6.07) is -0.273. The second-order valence-corrected chi connectivity index (χ2v) is 10.5. The van der Waals surface area contributed by atoms with Crippen LogP contribution in [-0.2, 0) is 9.53 Å². The Labute approximate surface area is 195 Å². The SMILES string of the molecule is CCCCCN(C1CCC(Cl)CC1C(N)=O)C1OC1C1CC(C(F)(F)F)CC(C(F)(F)F)C1. The first kappa shape index (κ1) is 26.9. The first-order valence-electron chi connectivity index (χ1n) is 11.8. The molecule has 0 aromatic carbocycles. The summed E-state index contributed by atoms with van der Waals surface area (Å²) in [5.41, 5.74) is 5.63. The number of unbranched alkanes of at least 4 members (excludes halogenated alkanes) is 2. The van der Waals surface area contributed by atoms with Crippen molar-refractivity contribution in [2.24, 2.45) is 29.4 Å². The third-order valence-electron chi connectivity index (χ3n) is 7.52. The molecule has 11 heteroatoms. The van der Waals surface area contributed by atoms with Crippen LogP contribution in [0.4, 0.5) is 26.3 Å². The highest BCUT2D eigenvalue weighted by Gasteiger charge is 2.58. The van der Waals surface area contributed by atoms with E-state index in [1.165, 1.54) is 0 Å². The number of hydrogen-bond acceptors (Lipinski definition) is 3. The molecule has 3 rings (SSSR count). The summed E-state index contributed by atoms with van der Waals surface area (Å²) in [6.45, 7) is 2.58. The van der Waals surface area contributed by atoms with Crippen LogP contribution in [0.2, 0.25) is 0 Å². The molecule has 3 aliphatic rings. The number of primary amides is 1. The maximum Gasteiger partial charge on any atom is 0.391 e. The molecule has 0 aromatic rings. The van der Waals surface area contributed by atoms with E-state index in [2.05, 4.69) is 0 Å². The summed E-state index contributed by atoms with van der Waals surface area (Å²) < 4.78 is 86.2. The molecule has 1 heterocycles. The molecule has 4 nitrogen and oxygen atoms in total. The van der Waals surface area contributed by atoms with E-state index in [1.807, 2.05) is 11.8 Å². The van der Waals surface area contributed by atoms with Crippen LogP contribution in [-0.4, -0.2) is 53.5 Å². The molecule has 7 unspecified atom stereocenters. The van der Waals surface area contributed by atoms with Gasteiger partial charge in [-0.3, -0.25) is 9.69 Å². The van der Waals surface area contributed by atoms with E-state index in [1.54, 1.807) is 0 Å². The minimum atomic E-state index is -4.68. The van der Waals surface area contributed by atoms with Gasteiger partial charge in [0, 0.05) is 18.0 Å². The molecule has 1 saturated heterocycles. The average molecular weight is 507 g/mol. The van der Waals surface area contributed by atoms with Crippen molar-refractivity contribution in [2.45, 2.75) is 101 Å². The molecule has 0 bridgehead atoms. The fourth-order valence-electron chi connectivity index (χ4n) is 5.72. The number of amides is 1. The molecule has 2 aliphatic carbocycles. The van der Waals surface area contributed by atoms with E-state index < -0.39 is 60.7 Å². The van der Waals surface area contributed by atoms with Crippen LogP contribution in [0, 0.1) is 23.7 Å². The molecule has 2 saturated carbocycles. The zero-order chi connectivity index (χ0) is 24.6. The molecule has 0 aromatic heterocycles. The highest BCUT2D eigenvalue weighted by atomic mass is 35.5. The van der Waals surface area contributed by atoms with Crippen LogP contribution < -0.4 is 5.73 Å². The molecule has 1 amide bonds. The van der Waals surface area contributed by atoms with Gasteiger partial charge in [-0.15, -0.1) is 11.6 Å². The van der Waals surface area contributed by atoms with Crippen LogP contribution in [0.1, 0.15) is 64.7 Å². The number of nitrogens with zero attached hydrogens (tertiary/aromatic N) is 1. The number of halogens is 7. The van der Waals surface area contributed by atoms with Gasteiger partial charge in [0.25, 0.3) is 0 Å². The van der Waals surface area contributed by atoms with Gasteiger partial charge in [0.05, 0.1) is 17.8 Å². The van der Waals surface area contributed by atoms with Gasteiger partial charge in [-0.1, -0.05) is 19.8 Å². The molecule has 0 spiro atoms. The summed E-state index contributed by atoms with van der Waals surface area (Å²) in [4.78, 5) is 14.1. The van der Waals surface area contributed by atoms with E-state index in [-0.39, 0.29) is 24.3 Å². The lowest BCUT2D eigenvalue weighted by Gasteiger charge is -2.40. The fraction of sp³-hybridized carbons (Fsp3) is 0.955. The third kappa shape index (κ3) is 6.69. The zero-order valence-corrected chi connectivity index (χ0v) is 19.4. The van der Waals surface area contributed by atoms with Gasteiger partial charge in [0.2, 0.25) is 5.91 Å². The topological polar surface area (TPSA) is 58.9 Å². The lowest BCUT2D eigenvalue weighted by Crippen LogP contribution is -2.51. The van der Waals surface area contributed by atoms with Crippen molar-refractivity contribution in [1.82, 2.24) is 4.90 Å². The zero-order valence-electron chi connectivity index (χ0n) is 18.7. The number of ether oxygens (including phenoxy) is 1. The highest BCUT2D eigenvalue weighted by molar-refractivity contribution is 6.20. The predicted octanol–water partition coefficient (Wildman–Crippen LogP) is 5.62. The third-order valence-corrected chi connectivity index (χ3v) is 7.92. The van der Waals surface area contributed by atoms with E-state index >= 15 is 0 Å². The van der Waals surface area contributed by atoms with Gasteiger partial charge in [0.1, 0.15) is 12.3 Å². The van der Waals surface area contributed by atoms with Crippen LogP contribution in [0.5, 0.6) is 0 Å². The lowest BCUT2D eigenvalue weighted by molar-refractivity contribution is -0.229. The second-order valence-electron chi connectivity index (χ2n) is 9.87. The van der Waals surface area contributed by atoms with Crippen molar-refractivity contribution in [3.63, 3.8) is 0 Å².